The van der Waals surface area contributed by atoms with Gasteiger partial charge in [-0.05, 0) is 48.5 Å². The fraction of sp³-hybridized carbons (Fsp3) is 0.412. The van der Waals surface area contributed by atoms with Crippen LogP contribution in [0.1, 0.15) is 23.8 Å². The van der Waals surface area contributed by atoms with E-state index in [-0.39, 0.29) is 0 Å². The Morgan fingerprint density at radius 2 is 1.95 bits per heavy atom. The number of likely N-dealkylation sites (N-methyl/N-ethyl adjacent to an activating group) is 1. The van der Waals surface area contributed by atoms with Crippen molar-refractivity contribution in [1.82, 2.24) is 5.32 Å². The maximum Gasteiger partial charge on any atom is 0.0363 e. The van der Waals surface area contributed by atoms with Crippen LogP contribution < -0.4 is 10.2 Å². The molecular weight excluding hydrogens is 264 g/mol. The zero-order valence-electron chi connectivity index (χ0n) is 12.4. The lowest BCUT2D eigenvalue weighted by Gasteiger charge is -2.19. The predicted octanol–water partition coefficient (Wildman–Crippen LogP) is 3.93. The lowest BCUT2D eigenvalue weighted by Crippen LogP contribution is -2.20. The Hall–Kier alpha value is -1.32. The molecule has 0 aliphatic rings. The van der Waals surface area contributed by atoms with Crippen LogP contribution in [0.15, 0.2) is 41.8 Å². The van der Waals surface area contributed by atoms with Gasteiger partial charge in [-0.15, -0.1) is 11.3 Å². The molecule has 0 saturated heterocycles. The zero-order chi connectivity index (χ0) is 14.2. The van der Waals surface area contributed by atoms with Crippen molar-refractivity contribution in [3.05, 3.63) is 52.2 Å². The number of hydrogen-bond donors (Lipinski definition) is 1. The van der Waals surface area contributed by atoms with Crippen LogP contribution in [-0.4, -0.2) is 20.1 Å². The molecule has 108 valence electrons. The van der Waals surface area contributed by atoms with Gasteiger partial charge in [-0.25, -0.2) is 0 Å². The minimum absolute atomic E-state index is 0.965. The summed E-state index contributed by atoms with van der Waals surface area (Å²) >= 11 is 1.84. The first-order chi connectivity index (χ1) is 9.79. The molecule has 0 bridgehead atoms. The fourth-order valence-corrected chi connectivity index (χ4v) is 2.84. The van der Waals surface area contributed by atoms with Gasteiger partial charge >= 0.3 is 0 Å². The molecule has 0 aliphatic heterocycles. The predicted molar refractivity (Wildman–Crippen MR) is 89.7 cm³/mol. The van der Waals surface area contributed by atoms with Gasteiger partial charge in [-0.1, -0.05) is 25.1 Å². The summed E-state index contributed by atoms with van der Waals surface area (Å²) < 4.78 is 0. The highest BCUT2D eigenvalue weighted by Gasteiger charge is 2.02. The normalized spacial score (nSPS) is 10.7. The van der Waals surface area contributed by atoms with Crippen molar-refractivity contribution in [2.75, 3.05) is 25.0 Å². The van der Waals surface area contributed by atoms with Crippen LogP contribution in [0, 0.1) is 0 Å². The first-order valence-electron chi connectivity index (χ1n) is 7.32. The van der Waals surface area contributed by atoms with Crippen molar-refractivity contribution in [3.63, 3.8) is 0 Å². The molecule has 0 fully saturated rings. The molecule has 0 amide bonds. The SMILES string of the molecule is CCCNCc1ccc(N(C)CCc2cccs2)cc1. The highest BCUT2D eigenvalue weighted by molar-refractivity contribution is 7.09. The van der Waals surface area contributed by atoms with E-state index in [1.807, 2.05) is 11.3 Å². The lowest BCUT2D eigenvalue weighted by atomic mass is 10.2. The fourth-order valence-electron chi connectivity index (χ4n) is 2.14. The second kappa shape index (κ2) is 8.08. The topological polar surface area (TPSA) is 15.3 Å². The molecule has 1 heterocycles. The molecule has 2 aromatic rings. The van der Waals surface area contributed by atoms with Crippen molar-refractivity contribution < 1.29 is 0 Å². The molecule has 3 heteroatoms. The van der Waals surface area contributed by atoms with Gasteiger partial charge < -0.3 is 10.2 Å². The second-order valence-electron chi connectivity index (χ2n) is 5.09. The molecule has 0 spiro atoms. The van der Waals surface area contributed by atoms with Crippen molar-refractivity contribution >= 4 is 17.0 Å². The van der Waals surface area contributed by atoms with E-state index in [9.17, 15) is 0 Å². The molecule has 0 radical (unpaired) electrons. The Kier molecular flexibility index (Phi) is 6.09. The van der Waals surface area contributed by atoms with Crippen LogP contribution in [0.3, 0.4) is 0 Å². The first-order valence-corrected chi connectivity index (χ1v) is 8.20. The highest BCUT2D eigenvalue weighted by atomic mass is 32.1. The highest BCUT2D eigenvalue weighted by Crippen LogP contribution is 2.16. The Labute approximate surface area is 126 Å². The Morgan fingerprint density at radius 3 is 2.60 bits per heavy atom. The van der Waals surface area contributed by atoms with Gasteiger partial charge in [0.2, 0.25) is 0 Å². The van der Waals surface area contributed by atoms with Crippen molar-refractivity contribution in [2.45, 2.75) is 26.3 Å². The summed E-state index contributed by atoms with van der Waals surface area (Å²) in [5.74, 6) is 0. The quantitative estimate of drug-likeness (QED) is 0.741. The number of nitrogens with zero attached hydrogens (tertiary/aromatic N) is 1. The van der Waals surface area contributed by atoms with Crippen molar-refractivity contribution in [2.24, 2.45) is 0 Å². The molecule has 2 nitrogen and oxygen atoms in total. The summed E-state index contributed by atoms with van der Waals surface area (Å²) in [4.78, 5) is 3.78. The third-order valence-electron chi connectivity index (χ3n) is 3.41. The minimum Gasteiger partial charge on any atom is -0.374 e. The number of thiophene rings is 1. The Bertz CT molecular complexity index is 476. The average Bonchev–Trinajstić information content (AvgIpc) is 2.99. The smallest absolute Gasteiger partial charge is 0.0363 e. The number of anilines is 1. The second-order valence-corrected chi connectivity index (χ2v) is 6.13. The maximum atomic E-state index is 3.43. The molecule has 1 N–H and O–H groups in total. The van der Waals surface area contributed by atoms with Gasteiger partial charge in [0.05, 0.1) is 0 Å². The van der Waals surface area contributed by atoms with E-state index in [0.717, 1.165) is 26.1 Å². The maximum absolute atomic E-state index is 3.43. The number of hydrogen-bond acceptors (Lipinski definition) is 3. The van der Waals surface area contributed by atoms with Gasteiger partial charge in [0.1, 0.15) is 0 Å². The summed E-state index contributed by atoms with van der Waals surface area (Å²) in [6, 6.07) is 13.2. The molecule has 1 aromatic heterocycles. The van der Waals surface area contributed by atoms with Gasteiger partial charge in [0.15, 0.2) is 0 Å². The van der Waals surface area contributed by atoms with Crippen LogP contribution >= 0.6 is 11.3 Å². The van der Waals surface area contributed by atoms with Gasteiger partial charge in [-0.3, -0.25) is 0 Å². The summed E-state index contributed by atoms with van der Waals surface area (Å²) in [5.41, 5.74) is 2.65. The summed E-state index contributed by atoms with van der Waals surface area (Å²) in [6.45, 7) is 5.31. The standard InChI is InChI=1S/C17H24N2S/c1-3-11-18-14-15-6-8-16(9-7-15)19(2)12-10-17-5-4-13-20-17/h4-9,13,18H,3,10-12,14H2,1-2H3. The van der Waals surface area contributed by atoms with Crippen LogP contribution in [0.5, 0.6) is 0 Å². The van der Waals surface area contributed by atoms with Gasteiger partial charge in [0, 0.05) is 30.7 Å². The van der Waals surface area contributed by atoms with E-state index in [1.54, 1.807) is 0 Å². The number of nitrogens with one attached hydrogen (secondary N) is 1. The third-order valence-corrected chi connectivity index (χ3v) is 4.34. The lowest BCUT2D eigenvalue weighted by molar-refractivity contribution is 0.675. The zero-order valence-corrected chi connectivity index (χ0v) is 13.2. The van der Waals surface area contributed by atoms with E-state index >= 15 is 0 Å². The molecule has 20 heavy (non-hydrogen) atoms. The van der Waals surface area contributed by atoms with Gasteiger partial charge in [0.25, 0.3) is 0 Å². The van der Waals surface area contributed by atoms with E-state index in [1.165, 1.54) is 22.5 Å². The van der Waals surface area contributed by atoms with E-state index in [2.05, 4.69) is 66.0 Å². The molecule has 0 atom stereocenters. The minimum atomic E-state index is 0.965. The molecule has 0 saturated carbocycles. The van der Waals surface area contributed by atoms with Crippen LogP contribution in [0.2, 0.25) is 0 Å². The number of benzene rings is 1. The molecule has 0 unspecified atom stereocenters. The summed E-state index contributed by atoms with van der Waals surface area (Å²) in [5, 5.41) is 5.58. The van der Waals surface area contributed by atoms with E-state index in [4.69, 9.17) is 0 Å². The first kappa shape index (κ1) is 15.1. The monoisotopic (exact) mass is 288 g/mol. The molecule has 2 rings (SSSR count). The third kappa shape index (κ3) is 4.66. The summed E-state index contributed by atoms with van der Waals surface area (Å²) in [6.07, 6.45) is 2.30. The van der Waals surface area contributed by atoms with Crippen LogP contribution in [-0.2, 0) is 13.0 Å². The summed E-state index contributed by atoms with van der Waals surface area (Å²) in [7, 11) is 2.16. The molecule has 1 aromatic carbocycles. The van der Waals surface area contributed by atoms with Crippen molar-refractivity contribution in [1.29, 1.82) is 0 Å². The van der Waals surface area contributed by atoms with E-state index < -0.39 is 0 Å². The number of rotatable bonds is 8. The van der Waals surface area contributed by atoms with Crippen LogP contribution in [0.25, 0.3) is 0 Å². The molecule has 0 aliphatic carbocycles. The Morgan fingerprint density at radius 1 is 1.15 bits per heavy atom. The average molecular weight is 288 g/mol. The van der Waals surface area contributed by atoms with E-state index in [0.29, 0.717) is 0 Å². The van der Waals surface area contributed by atoms with Crippen LogP contribution in [0.4, 0.5) is 5.69 Å². The largest absolute Gasteiger partial charge is 0.374 e. The Balaban J connectivity index is 1.82. The van der Waals surface area contributed by atoms with Crippen molar-refractivity contribution in [3.8, 4) is 0 Å². The van der Waals surface area contributed by atoms with Gasteiger partial charge in [-0.2, -0.15) is 0 Å². The molecular formula is C17H24N2S.